The number of hydrogen-bond acceptors (Lipinski definition) is 4. The van der Waals surface area contributed by atoms with Gasteiger partial charge in [0.25, 0.3) is 0 Å². The van der Waals surface area contributed by atoms with Crippen LogP contribution in [0.25, 0.3) is 0 Å². The van der Waals surface area contributed by atoms with Crippen LogP contribution in [0.15, 0.2) is 48.8 Å². The number of aromatic nitrogens is 1. The van der Waals surface area contributed by atoms with Crippen molar-refractivity contribution in [3.8, 4) is 5.75 Å². The maximum Gasteiger partial charge on any atom is 0.221 e. The predicted molar refractivity (Wildman–Crippen MR) is 80.5 cm³/mol. The third kappa shape index (κ3) is 5.62. The van der Waals surface area contributed by atoms with E-state index in [4.69, 9.17) is 0 Å². The van der Waals surface area contributed by atoms with Crippen molar-refractivity contribution in [1.29, 1.82) is 0 Å². The SMILES string of the molecule is O=C(CCNCc1cccc(O)c1)NCc1cccnc1. The quantitative estimate of drug-likeness (QED) is 0.675. The fourth-order valence-corrected chi connectivity index (χ4v) is 1.89. The molecule has 0 atom stereocenters. The number of carbonyl (C=O) groups excluding carboxylic acids is 1. The summed E-state index contributed by atoms with van der Waals surface area (Å²) in [5.74, 6) is 0.255. The van der Waals surface area contributed by atoms with Gasteiger partial charge in [-0.2, -0.15) is 0 Å². The first-order valence-electron chi connectivity index (χ1n) is 6.88. The van der Waals surface area contributed by atoms with E-state index < -0.39 is 0 Å². The lowest BCUT2D eigenvalue weighted by Crippen LogP contribution is -2.27. The van der Waals surface area contributed by atoms with Crippen LogP contribution in [0.5, 0.6) is 5.75 Å². The molecule has 1 heterocycles. The highest BCUT2D eigenvalue weighted by Gasteiger charge is 2.01. The summed E-state index contributed by atoms with van der Waals surface area (Å²) >= 11 is 0. The molecule has 0 aliphatic heterocycles. The predicted octanol–water partition coefficient (Wildman–Crippen LogP) is 1.58. The number of nitrogens with zero attached hydrogens (tertiary/aromatic N) is 1. The molecule has 5 heteroatoms. The van der Waals surface area contributed by atoms with Gasteiger partial charge in [0.1, 0.15) is 5.75 Å². The van der Waals surface area contributed by atoms with Crippen molar-refractivity contribution in [2.75, 3.05) is 6.54 Å². The molecule has 1 amide bonds. The van der Waals surface area contributed by atoms with Gasteiger partial charge in [-0.3, -0.25) is 9.78 Å². The van der Waals surface area contributed by atoms with E-state index in [1.165, 1.54) is 0 Å². The van der Waals surface area contributed by atoms with Crippen LogP contribution < -0.4 is 10.6 Å². The fourth-order valence-electron chi connectivity index (χ4n) is 1.89. The lowest BCUT2D eigenvalue weighted by atomic mass is 10.2. The van der Waals surface area contributed by atoms with Gasteiger partial charge in [-0.15, -0.1) is 0 Å². The van der Waals surface area contributed by atoms with Gasteiger partial charge in [0.05, 0.1) is 0 Å². The Kier molecular flexibility index (Phi) is 5.72. The standard InChI is InChI=1S/C16H19N3O2/c20-15-5-1-3-13(9-15)10-18-8-6-16(21)19-12-14-4-2-7-17-11-14/h1-5,7,9,11,18,20H,6,8,10,12H2,(H,19,21). The van der Waals surface area contributed by atoms with Crippen molar-refractivity contribution in [2.45, 2.75) is 19.5 Å². The number of carbonyl (C=O) groups is 1. The summed E-state index contributed by atoms with van der Waals surface area (Å²) in [5.41, 5.74) is 1.98. The van der Waals surface area contributed by atoms with Gasteiger partial charge in [-0.1, -0.05) is 18.2 Å². The van der Waals surface area contributed by atoms with E-state index in [1.54, 1.807) is 30.6 Å². The number of nitrogens with one attached hydrogen (secondary N) is 2. The first-order valence-corrected chi connectivity index (χ1v) is 6.88. The highest BCUT2D eigenvalue weighted by atomic mass is 16.3. The third-order valence-electron chi connectivity index (χ3n) is 2.98. The number of phenolic OH excluding ortho intramolecular Hbond substituents is 1. The van der Waals surface area contributed by atoms with Crippen molar-refractivity contribution >= 4 is 5.91 Å². The van der Waals surface area contributed by atoms with Crippen molar-refractivity contribution in [3.05, 3.63) is 59.9 Å². The highest BCUT2D eigenvalue weighted by molar-refractivity contribution is 5.76. The summed E-state index contributed by atoms with van der Waals surface area (Å²) in [7, 11) is 0. The Balaban J connectivity index is 1.61. The molecular formula is C16H19N3O2. The van der Waals surface area contributed by atoms with Crippen LogP contribution >= 0.6 is 0 Å². The summed E-state index contributed by atoms with van der Waals surface area (Å²) in [6.07, 6.45) is 3.86. The maximum absolute atomic E-state index is 11.7. The Hall–Kier alpha value is -2.40. The number of pyridine rings is 1. The van der Waals surface area contributed by atoms with Crippen LogP contribution in [0.3, 0.4) is 0 Å². The molecule has 3 N–H and O–H groups in total. The molecule has 2 rings (SSSR count). The highest BCUT2D eigenvalue weighted by Crippen LogP contribution is 2.10. The van der Waals surface area contributed by atoms with E-state index in [0.29, 0.717) is 26.1 Å². The monoisotopic (exact) mass is 285 g/mol. The van der Waals surface area contributed by atoms with E-state index in [1.807, 2.05) is 18.2 Å². The Labute approximate surface area is 124 Å². The van der Waals surface area contributed by atoms with Crippen molar-refractivity contribution < 1.29 is 9.90 Å². The molecule has 0 aliphatic rings. The van der Waals surface area contributed by atoms with Gasteiger partial charge in [-0.25, -0.2) is 0 Å². The van der Waals surface area contributed by atoms with Gasteiger partial charge in [0.15, 0.2) is 0 Å². The van der Waals surface area contributed by atoms with Gasteiger partial charge in [0.2, 0.25) is 5.91 Å². The fraction of sp³-hybridized carbons (Fsp3) is 0.250. The lowest BCUT2D eigenvalue weighted by Gasteiger charge is -2.07. The minimum atomic E-state index is 0.00209. The zero-order valence-electron chi connectivity index (χ0n) is 11.7. The normalized spacial score (nSPS) is 10.3. The number of rotatable bonds is 7. The van der Waals surface area contributed by atoms with Gasteiger partial charge >= 0.3 is 0 Å². The lowest BCUT2D eigenvalue weighted by molar-refractivity contribution is -0.121. The summed E-state index contributed by atoms with van der Waals surface area (Å²) < 4.78 is 0. The average Bonchev–Trinajstić information content (AvgIpc) is 2.51. The number of hydrogen-bond donors (Lipinski definition) is 3. The molecule has 0 saturated carbocycles. The minimum absolute atomic E-state index is 0.00209. The molecule has 1 aromatic carbocycles. The summed E-state index contributed by atoms with van der Waals surface area (Å²) in [5, 5.41) is 15.4. The van der Waals surface area contributed by atoms with Gasteiger partial charge in [-0.05, 0) is 29.3 Å². The minimum Gasteiger partial charge on any atom is -0.508 e. The number of amides is 1. The number of benzene rings is 1. The molecule has 21 heavy (non-hydrogen) atoms. The van der Waals surface area contributed by atoms with E-state index in [0.717, 1.165) is 11.1 Å². The zero-order chi connectivity index (χ0) is 14.9. The topological polar surface area (TPSA) is 74.2 Å². The average molecular weight is 285 g/mol. The summed E-state index contributed by atoms with van der Waals surface area (Å²) in [4.78, 5) is 15.7. The van der Waals surface area contributed by atoms with Gasteiger partial charge < -0.3 is 15.7 Å². The molecule has 2 aromatic rings. The Morgan fingerprint density at radius 1 is 1.14 bits per heavy atom. The van der Waals surface area contributed by atoms with E-state index in [2.05, 4.69) is 15.6 Å². The van der Waals surface area contributed by atoms with Crippen LogP contribution in [0.4, 0.5) is 0 Å². The second kappa shape index (κ2) is 8.01. The molecule has 0 fully saturated rings. The van der Waals surface area contributed by atoms with Crippen LogP contribution in [-0.2, 0) is 17.9 Å². The molecular weight excluding hydrogens is 266 g/mol. The first-order chi connectivity index (χ1) is 10.2. The molecule has 0 bridgehead atoms. The Morgan fingerprint density at radius 3 is 2.76 bits per heavy atom. The molecule has 0 unspecified atom stereocenters. The Morgan fingerprint density at radius 2 is 2.00 bits per heavy atom. The number of phenols is 1. The smallest absolute Gasteiger partial charge is 0.221 e. The molecule has 0 saturated heterocycles. The summed E-state index contributed by atoms with van der Waals surface area (Å²) in [6, 6.07) is 10.8. The second-order valence-corrected chi connectivity index (χ2v) is 4.73. The van der Waals surface area contributed by atoms with Crippen LogP contribution in [0, 0.1) is 0 Å². The molecule has 0 aliphatic carbocycles. The third-order valence-corrected chi connectivity index (χ3v) is 2.98. The van der Waals surface area contributed by atoms with E-state index in [9.17, 15) is 9.90 Å². The van der Waals surface area contributed by atoms with Crippen LogP contribution in [0.1, 0.15) is 17.5 Å². The number of aromatic hydroxyl groups is 1. The molecule has 0 spiro atoms. The largest absolute Gasteiger partial charge is 0.508 e. The van der Waals surface area contributed by atoms with Crippen molar-refractivity contribution in [2.24, 2.45) is 0 Å². The molecule has 0 radical (unpaired) electrons. The van der Waals surface area contributed by atoms with Crippen molar-refractivity contribution in [3.63, 3.8) is 0 Å². The van der Waals surface area contributed by atoms with Crippen molar-refractivity contribution in [1.82, 2.24) is 15.6 Å². The zero-order valence-corrected chi connectivity index (χ0v) is 11.7. The Bertz CT molecular complexity index is 573. The first kappa shape index (κ1) is 15.0. The van der Waals surface area contributed by atoms with Gasteiger partial charge in [0, 0.05) is 38.4 Å². The molecule has 1 aromatic heterocycles. The van der Waals surface area contributed by atoms with E-state index >= 15 is 0 Å². The molecule has 5 nitrogen and oxygen atoms in total. The second-order valence-electron chi connectivity index (χ2n) is 4.73. The van der Waals surface area contributed by atoms with E-state index in [-0.39, 0.29) is 11.7 Å². The molecule has 110 valence electrons. The van der Waals surface area contributed by atoms with Crippen LogP contribution in [0.2, 0.25) is 0 Å². The summed E-state index contributed by atoms with van der Waals surface area (Å²) in [6.45, 7) is 1.72. The van der Waals surface area contributed by atoms with Crippen LogP contribution in [-0.4, -0.2) is 22.5 Å². The maximum atomic E-state index is 11.7.